The van der Waals surface area contributed by atoms with Crippen LogP contribution in [0.2, 0.25) is 0 Å². The van der Waals surface area contributed by atoms with Crippen molar-refractivity contribution >= 4 is 0 Å². The van der Waals surface area contributed by atoms with Gasteiger partial charge in [0, 0.05) is 11.1 Å². The molecule has 0 saturated heterocycles. The second-order valence-electron chi connectivity index (χ2n) is 4.11. The molecule has 2 rings (SSSR count). The van der Waals surface area contributed by atoms with Crippen molar-refractivity contribution in [3.8, 4) is 0 Å². The maximum absolute atomic E-state index is 2.34. The van der Waals surface area contributed by atoms with E-state index in [0.29, 0.717) is 0 Å². The van der Waals surface area contributed by atoms with E-state index in [2.05, 4.69) is 66.8 Å². The van der Waals surface area contributed by atoms with Crippen molar-refractivity contribution in [2.75, 3.05) is 0 Å². The predicted molar refractivity (Wildman–Crippen MR) is 67.0 cm³/mol. The van der Waals surface area contributed by atoms with Crippen molar-refractivity contribution < 1.29 is 5.32 Å². The Hall–Kier alpha value is -1.60. The summed E-state index contributed by atoms with van der Waals surface area (Å²) >= 11 is 0. The summed E-state index contributed by atoms with van der Waals surface area (Å²) in [7, 11) is 0. The van der Waals surface area contributed by atoms with Crippen LogP contribution in [0.15, 0.2) is 54.6 Å². The molecule has 0 fully saturated rings. The molecule has 0 saturated carbocycles. The van der Waals surface area contributed by atoms with Gasteiger partial charge < -0.3 is 5.32 Å². The fourth-order valence-electron chi connectivity index (χ4n) is 1.85. The smallest absolute Gasteiger partial charge is 0.102 e. The van der Waals surface area contributed by atoms with Crippen LogP contribution in [0.25, 0.3) is 0 Å². The third kappa shape index (κ3) is 2.94. The van der Waals surface area contributed by atoms with Crippen LogP contribution in [0.1, 0.15) is 16.7 Å². The van der Waals surface area contributed by atoms with Gasteiger partial charge in [0.25, 0.3) is 0 Å². The molecule has 0 bridgehead atoms. The minimum Gasteiger partial charge on any atom is -0.339 e. The number of nitrogens with two attached hydrogens (primary N) is 1. The molecule has 2 N–H and O–H groups in total. The molecule has 0 aromatic heterocycles. The Kier molecular flexibility index (Phi) is 3.73. The first-order valence-electron chi connectivity index (χ1n) is 5.76. The van der Waals surface area contributed by atoms with Crippen molar-refractivity contribution in [2.24, 2.45) is 0 Å². The predicted octanol–water partition coefficient (Wildman–Crippen LogP) is 2.26. The Morgan fingerprint density at radius 1 is 0.812 bits per heavy atom. The second kappa shape index (κ2) is 5.47. The van der Waals surface area contributed by atoms with E-state index in [9.17, 15) is 0 Å². The molecule has 2 aromatic carbocycles. The third-order valence-electron chi connectivity index (χ3n) is 2.85. The lowest BCUT2D eigenvalue weighted by molar-refractivity contribution is -0.686. The van der Waals surface area contributed by atoms with Gasteiger partial charge in [0.15, 0.2) is 0 Å². The SMILES string of the molecule is Cc1ccccc1C[NH2+]Cc1ccccc1. The van der Waals surface area contributed by atoms with Crippen molar-refractivity contribution in [2.45, 2.75) is 20.0 Å². The van der Waals surface area contributed by atoms with Crippen LogP contribution in [0.5, 0.6) is 0 Å². The molecule has 0 aliphatic heterocycles. The molecule has 0 unspecified atom stereocenters. The van der Waals surface area contributed by atoms with Crippen LogP contribution in [-0.2, 0) is 13.1 Å². The summed E-state index contributed by atoms with van der Waals surface area (Å²) in [6, 6.07) is 19.2. The maximum Gasteiger partial charge on any atom is 0.102 e. The van der Waals surface area contributed by atoms with E-state index in [1.54, 1.807) is 0 Å². The number of quaternary nitrogens is 1. The molecular weight excluding hydrogens is 194 g/mol. The van der Waals surface area contributed by atoms with Gasteiger partial charge in [0.2, 0.25) is 0 Å². The van der Waals surface area contributed by atoms with Gasteiger partial charge in [-0.1, -0.05) is 54.6 Å². The van der Waals surface area contributed by atoms with Gasteiger partial charge in [0.05, 0.1) is 0 Å². The van der Waals surface area contributed by atoms with E-state index >= 15 is 0 Å². The Bertz CT molecular complexity index is 434. The van der Waals surface area contributed by atoms with Gasteiger partial charge in [-0.25, -0.2) is 0 Å². The highest BCUT2D eigenvalue weighted by Crippen LogP contribution is 2.04. The van der Waals surface area contributed by atoms with Gasteiger partial charge in [-0.15, -0.1) is 0 Å². The topological polar surface area (TPSA) is 16.6 Å². The Labute approximate surface area is 97.1 Å². The molecule has 0 amide bonds. The quantitative estimate of drug-likeness (QED) is 0.800. The first-order valence-corrected chi connectivity index (χ1v) is 5.76. The molecule has 0 atom stereocenters. The molecule has 1 heteroatoms. The minimum atomic E-state index is 1.05. The normalized spacial score (nSPS) is 10.3. The minimum absolute atomic E-state index is 1.05. The van der Waals surface area contributed by atoms with E-state index < -0.39 is 0 Å². The molecule has 2 aromatic rings. The zero-order valence-electron chi connectivity index (χ0n) is 9.69. The number of benzene rings is 2. The van der Waals surface area contributed by atoms with E-state index in [-0.39, 0.29) is 0 Å². The van der Waals surface area contributed by atoms with Crippen LogP contribution in [0.4, 0.5) is 0 Å². The van der Waals surface area contributed by atoms with Crippen LogP contribution < -0.4 is 5.32 Å². The Morgan fingerprint density at radius 3 is 2.25 bits per heavy atom. The van der Waals surface area contributed by atoms with Gasteiger partial charge in [-0.05, 0) is 12.5 Å². The zero-order chi connectivity index (χ0) is 11.2. The van der Waals surface area contributed by atoms with Crippen LogP contribution >= 0.6 is 0 Å². The molecular formula is C15H18N+. The van der Waals surface area contributed by atoms with Gasteiger partial charge in [-0.2, -0.15) is 0 Å². The third-order valence-corrected chi connectivity index (χ3v) is 2.85. The van der Waals surface area contributed by atoms with Gasteiger partial charge in [-0.3, -0.25) is 0 Å². The molecule has 82 valence electrons. The Balaban J connectivity index is 1.87. The first kappa shape index (κ1) is 10.9. The number of rotatable bonds is 4. The molecule has 0 heterocycles. The lowest BCUT2D eigenvalue weighted by Crippen LogP contribution is -2.80. The highest BCUT2D eigenvalue weighted by molar-refractivity contribution is 5.24. The fourth-order valence-corrected chi connectivity index (χ4v) is 1.85. The molecule has 0 aliphatic rings. The zero-order valence-corrected chi connectivity index (χ0v) is 9.69. The van der Waals surface area contributed by atoms with E-state index in [4.69, 9.17) is 0 Å². The van der Waals surface area contributed by atoms with Gasteiger partial charge >= 0.3 is 0 Å². The summed E-state index contributed by atoms with van der Waals surface area (Å²) in [6.07, 6.45) is 0. The standard InChI is InChI=1S/C15H17N/c1-13-7-5-6-10-15(13)12-16-11-14-8-3-2-4-9-14/h2-10,16H,11-12H2,1H3/p+1. The molecule has 0 radical (unpaired) electrons. The second-order valence-corrected chi connectivity index (χ2v) is 4.11. The van der Waals surface area contributed by atoms with Crippen molar-refractivity contribution in [3.05, 3.63) is 71.3 Å². The lowest BCUT2D eigenvalue weighted by atomic mass is 10.1. The summed E-state index contributed by atoms with van der Waals surface area (Å²) < 4.78 is 0. The summed E-state index contributed by atoms with van der Waals surface area (Å²) in [5, 5.41) is 2.34. The van der Waals surface area contributed by atoms with Gasteiger partial charge in [0.1, 0.15) is 13.1 Å². The Morgan fingerprint density at radius 2 is 1.50 bits per heavy atom. The number of hydrogen-bond acceptors (Lipinski definition) is 0. The monoisotopic (exact) mass is 212 g/mol. The highest BCUT2D eigenvalue weighted by atomic mass is 14.8. The van der Waals surface area contributed by atoms with Crippen molar-refractivity contribution in [1.82, 2.24) is 0 Å². The first-order chi connectivity index (χ1) is 7.86. The highest BCUT2D eigenvalue weighted by Gasteiger charge is 1.99. The average Bonchev–Trinajstić information content (AvgIpc) is 2.33. The largest absolute Gasteiger partial charge is 0.339 e. The molecule has 0 aliphatic carbocycles. The summed E-state index contributed by atoms with van der Waals surface area (Å²) in [5.41, 5.74) is 4.20. The summed E-state index contributed by atoms with van der Waals surface area (Å²) in [6.45, 7) is 4.28. The maximum atomic E-state index is 2.34. The lowest BCUT2D eigenvalue weighted by Gasteiger charge is -2.04. The molecule has 16 heavy (non-hydrogen) atoms. The summed E-state index contributed by atoms with van der Waals surface area (Å²) in [5.74, 6) is 0. The van der Waals surface area contributed by atoms with Crippen molar-refractivity contribution in [1.29, 1.82) is 0 Å². The van der Waals surface area contributed by atoms with Crippen molar-refractivity contribution in [3.63, 3.8) is 0 Å². The average molecular weight is 212 g/mol. The van der Waals surface area contributed by atoms with Crippen LogP contribution in [0.3, 0.4) is 0 Å². The fraction of sp³-hybridized carbons (Fsp3) is 0.200. The summed E-state index contributed by atoms with van der Waals surface area (Å²) in [4.78, 5) is 0. The van der Waals surface area contributed by atoms with Crippen LogP contribution in [-0.4, -0.2) is 0 Å². The van der Waals surface area contributed by atoms with E-state index in [0.717, 1.165) is 13.1 Å². The van der Waals surface area contributed by atoms with E-state index in [1.807, 2.05) is 0 Å². The number of aryl methyl sites for hydroxylation is 1. The molecule has 1 nitrogen and oxygen atoms in total. The number of hydrogen-bond donors (Lipinski definition) is 1. The van der Waals surface area contributed by atoms with E-state index in [1.165, 1.54) is 16.7 Å². The van der Waals surface area contributed by atoms with Crippen LogP contribution in [0, 0.1) is 6.92 Å². The molecule has 0 spiro atoms.